The van der Waals surface area contributed by atoms with E-state index >= 15 is 0 Å². The molecule has 0 aromatic heterocycles. The highest BCUT2D eigenvalue weighted by molar-refractivity contribution is 5.15. The van der Waals surface area contributed by atoms with Gasteiger partial charge in [0.1, 0.15) is 0 Å². The molecule has 14 heavy (non-hydrogen) atoms. The molecule has 0 aliphatic heterocycles. The van der Waals surface area contributed by atoms with Gasteiger partial charge in [0.15, 0.2) is 0 Å². The lowest BCUT2D eigenvalue weighted by molar-refractivity contribution is 0.210. The highest BCUT2D eigenvalue weighted by Crippen LogP contribution is 2.30. The molecule has 0 atom stereocenters. The zero-order valence-corrected chi connectivity index (χ0v) is 8.92. The maximum Gasteiger partial charge on any atom is 0.0153 e. The maximum absolute atomic E-state index is 3.64. The molecule has 1 N–H and O–H groups in total. The van der Waals surface area contributed by atoms with Crippen LogP contribution >= 0.6 is 0 Å². The fourth-order valence-electron chi connectivity index (χ4n) is 2.04. The molecule has 1 aliphatic carbocycles. The van der Waals surface area contributed by atoms with Crippen LogP contribution in [-0.2, 0) is 6.42 Å². The quantitative estimate of drug-likeness (QED) is 0.768. The third kappa shape index (κ3) is 2.36. The number of hydrogen-bond donors (Lipinski definition) is 1. The average molecular weight is 189 g/mol. The van der Waals surface area contributed by atoms with Gasteiger partial charge in [0.2, 0.25) is 0 Å². The molecule has 1 aliphatic rings. The Kier molecular flexibility index (Phi) is 2.87. The van der Waals surface area contributed by atoms with Crippen molar-refractivity contribution in [1.29, 1.82) is 0 Å². The largest absolute Gasteiger partial charge is 0.311 e. The summed E-state index contributed by atoms with van der Waals surface area (Å²) in [5, 5.41) is 3.64. The van der Waals surface area contributed by atoms with Crippen LogP contribution in [0.4, 0.5) is 0 Å². The second-order valence-electron chi connectivity index (χ2n) is 4.58. The van der Waals surface area contributed by atoms with Crippen molar-refractivity contribution in [3.05, 3.63) is 35.9 Å². The van der Waals surface area contributed by atoms with Crippen molar-refractivity contribution in [2.24, 2.45) is 0 Å². The van der Waals surface area contributed by atoms with E-state index in [-0.39, 0.29) is 0 Å². The van der Waals surface area contributed by atoms with E-state index in [0.29, 0.717) is 5.54 Å². The fourth-order valence-corrected chi connectivity index (χ4v) is 2.04. The van der Waals surface area contributed by atoms with E-state index in [1.165, 1.54) is 24.8 Å². The Hall–Kier alpha value is -0.820. The second-order valence-corrected chi connectivity index (χ2v) is 4.58. The van der Waals surface area contributed by atoms with E-state index in [0.717, 1.165) is 13.0 Å². The Balaban J connectivity index is 1.73. The molecular weight excluding hydrogens is 170 g/mol. The van der Waals surface area contributed by atoms with Crippen LogP contribution in [0, 0.1) is 0 Å². The molecule has 1 saturated carbocycles. The Bertz CT molecular complexity index is 275. The summed E-state index contributed by atoms with van der Waals surface area (Å²) in [6, 6.07) is 10.7. The monoisotopic (exact) mass is 189 g/mol. The number of hydrogen-bond acceptors (Lipinski definition) is 1. The molecule has 1 heteroatoms. The van der Waals surface area contributed by atoms with Crippen LogP contribution in [0.3, 0.4) is 0 Å². The highest BCUT2D eigenvalue weighted by atomic mass is 15.0. The topological polar surface area (TPSA) is 12.0 Å². The molecule has 0 radical (unpaired) electrons. The van der Waals surface area contributed by atoms with E-state index in [9.17, 15) is 0 Å². The highest BCUT2D eigenvalue weighted by Gasteiger charge is 2.30. The van der Waals surface area contributed by atoms with Gasteiger partial charge in [-0.1, -0.05) is 30.3 Å². The van der Waals surface area contributed by atoms with E-state index in [1.54, 1.807) is 0 Å². The van der Waals surface area contributed by atoms with Crippen LogP contribution in [-0.4, -0.2) is 12.1 Å². The van der Waals surface area contributed by atoms with E-state index < -0.39 is 0 Å². The lowest BCUT2D eigenvalue weighted by Crippen LogP contribution is -2.48. The Morgan fingerprint density at radius 1 is 1.21 bits per heavy atom. The van der Waals surface area contributed by atoms with E-state index in [2.05, 4.69) is 42.6 Å². The van der Waals surface area contributed by atoms with Crippen molar-refractivity contribution < 1.29 is 0 Å². The van der Waals surface area contributed by atoms with Gasteiger partial charge in [-0.05, 0) is 44.7 Å². The Labute approximate surface area is 86.5 Å². The first-order valence-electron chi connectivity index (χ1n) is 5.57. The lowest BCUT2D eigenvalue weighted by atomic mass is 9.78. The van der Waals surface area contributed by atoms with Crippen LogP contribution in [0.1, 0.15) is 31.7 Å². The molecule has 0 saturated heterocycles. The smallest absolute Gasteiger partial charge is 0.0153 e. The van der Waals surface area contributed by atoms with Crippen molar-refractivity contribution in [2.75, 3.05) is 6.54 Å². The molecule has 2 rings (SSSR count). The normalized spacial score (nSPS) is 18.9. The summed E-state index contributed by atoms with van der Waals surface area (Å²) in [6.45, 7) is 3.45. The first-order chi connectivity index (χ1) is 6.79. The minimum absolute atomic E-state index is 0.453. The van der Waals surface area contributed by atoms with Crippen molar-refractivity contribution in [3.63, 3.8) is 0 Å². The first kappa shape index (κ1) is 9.72. The molecular formula is C13H19N. The maximum atomic E-state index is 3.64. The third-order valence-electron chi connectivity index (χ3n) is 3.27. The molecule has 0 unspecified atom stereocenters. The molecule has 0 amide bonds. The van der Waals surface area contributed by atoms with Crippen LogP contribution in [0.5, 0.6) is 0 Å². The van der Waals surface area contributed by atoms with Crippen LogP contribution < -0.4 is 5.32 Å². The van der Waals surface area contributed by atoms with Crippen LogP contribution in [0.2, 0.25) is 0 Å². The first-order valence-corrected chi connectivity index (χ1v) is 5.57. The van der Waals surface area contributed by atoms with Crippen molar-refractivity contribution >= 4 is 0 Å². The van der Waals surface area contributed by atoms with Crippen molar-refractivity contribution in [1.82, 2.24) is 5.32 Å². The van der Waals surface area contributed by atoms with E-state index in [1.807, 2.05) is 0 Å². The van der Waals surface area contributed by atoms with Gasteiger partial charge in [0.05, 0.1) is 0 Å². The lowest BCUT2D eigenvalue weighted by Gasteiger charge is -2.39. The molecule has 1 aromatic rings. The summed E-state index contributed by atoms with van der Waals surface area (Å²) < 4.78 is 0. The number of nitrogens with one attached hydrogen (secondary N) is 1. The van der Waals surface area contributed by atoms with Gasteiger partial charge in [0, 0.05) is 5.54 Å². The molecule has 1 nitrogen and oxygen atoms in total. The van der Waals surface area contributed by atoms with Gasteiger partial charge in [-0.25, -0.2) is 0 Å². The van der Waals surface area contributed by atoms with Crippen molar-refractivity contribution in [3.8, 4) is 0 Å². The zero-order valence-electron chi connectivity index (χ0n) is 8.92. The summed E-state index contributed by atoms with van der Waals surface area (Å²) in [7, 11) is 0. The summed E-state index contributed by atoms with van der Waals surface area (Å²) in [4.78, 5) is 0. The Morgan fingerprint density at radius 3 is 2.50 bits per heavy atom. The van der Waals surface area contributed by atoms with E-state index in [4.69, 9.17) is 0 Å². The predicted molar refractivity (Wildman–Crippen MR) is 60.4 cm³/mol. The summed E-state index contributed by atoms with van der Waals surface area (Å²) in [6.07, 6.45) is 5.24. The number of benzene rings is 1. The van der Waals surface area contributed by atoms with Gasteiger partial charge >= 0.3 is 0 Å². The molecule has 0 heterocycles. The average Bonchev–Trinajstić information content (AvgIpc) is 2.17. The van der Waals surface area contributed by atoms with Gasteiger partial charge in [0.25, 0.3) is 0 Å². The SMILES string of the molecule is CC1(NCCc2ccccc2)CCC1. The molecule has 1 fully saturated rings. The Morgan fingerprint density at radius 2 is 1.93 bits per heavy atom. The molecule has 76 valence electrons. The fraction of sp³-hybridized carbons (Fsp3) is 0.538. The zero-order chi connectivity index (χ0) is 9.86. The van der Waals surface area contributed by atoms with Crippen LogP contribution in [0.25, 0.3) is 0 Å². The number of rotatable bonds is 4. The summed E-state index contributed by atoms with van der Waals surface area (Å²) in [5.74, 6) is 0. The van der Waals surface area contributed by atoms with Gasteiger partial charge in [-0.3, -0.25) is 0 Å². The van der Waals surface area contributed by atoms with Gasteiger partial charge < -0.3 is 5.32 Å². The minimum atomic E-state index is 0.453. The molecule has 1 aromatic carbocycles. The van der Waals surface area contributed by atoms with Crippen LogP contribution in [0.15, 0.2) is 30.3 Å². The summed E-state index contributed by atoms with van der Waals surface area (Å²) in [5.41, 5.74) is 1.89. The summed E-state index contributed by atoms with van der Waals surface area (Å²) >= 11 is 0. The standard InChI is InChI=1S/C13H19N/c1-13(9-5-10-13)14-11-8-12-6-3-2-4-7-12/h2-4,6-7,14H,5,8-11H2,1H3. The molecule has 0 spiro atoms. The third-order valence-corrected chi connectivity index (χ3v) is 3.27. The predicted octanol–water partition coefficient (Wildman–Crippen LogP) is 2.76. The van der Waals surface area contributed by atoms with Gasteiger partial charge in [-0.2, -0.15) is 0 Å². The van der Waals surface area contributed by atoms with Crippen molar-refractivity contribution in [2.45, 2.75) is 38.1 Å². The minimum Gasteiger partial charge on any atom is -0.311 e. The molecule has 0 bridgehead atoms. The van der Waals surface area contributed by atoms with Gasteiger partial charge in [-0.15, -0.1) is 0 Å². The second kappa shape index (κ2) is 4.14.